The van der Waals surface area contributed by atoms with Crippen molar-refractivity contribution >= 4 is 12.2 Å². The number of benzene rings is 2. The Hall–Kier alpha value is -3.15. The first-order chi connectivity index (χ1) is 11.6. The van der Waals surface area contributed by atoms with Crippen LogP contribution in [0.4, 0.5) is 10.3 Å². The van der Waals surface area contributed by atoms with Crippen LogP contribution < -0.4 is 10.5 Å². The number of nitrogen functional groups attached to an aromatic ring is 1. The van der Waals surface area contributed by atoms with Crippen LogP contribution in [0.1, 0.15) is 16.8 Å². The molecule has 0 aliphatic rings. The number of nitrogens with two attached hydrogens (primary N) is 1. The first kappa shape index (κ1) is 15.7. The summed E-state index contributed by atoms with van der Waals surface area (Å²) in [4.78, 5) is 4.09. The van der Waals surface area contributed by atoms with E-state index in [0.29, 0.717) is 18.3 Å². The van der Waals surface area contributed by atoms with Crippen LogP contribution in [-0.2, 0) is 6.61 Å². The molecule has 0 aliphatic carbocycles. The highest BCUT2D eigenvalue weighted by Crippen LogP contribution is 2.14. The fraction of sp³-hybridized carbons (Fsp3) is 0.111. The molecule has 3 rings (SSSR count). The Bertz CT molecular complexity index is 856. The van der Waals surface area contributed by atoms with Gasteiger partial charge in [0.2, 0.25) is 5.95 Å². The third-order valence-electron chi connectivity index (χ3n) is 3.34. The summed E-state index contributed by atoms with van der Waals surface area (Å²) in [5.74, 6) is 0.686. The molecule has 0 atom stereocenters. The summed E-state index contributed by atoms with van der Waals surface area (Å²) in [6.45, 7) is 2.25. The number of ether oxygens (including phenoxy) is 1. The van der Waals surface area contributed by atoms with E-state index in [1.54, 1.807) is 24.5 Å². The van der Waals surface area contributed by atoms with Gasteiger partial charge in [-0.15, -0.1) is 0 Å². The van der Waals surface area contributed by atoms with E-state index in [-0.39, 0.29) is 5.82 Å². The van der Waals surface area contributed by atoms with Crippen LogP contribution in [0.5, 0.6) is 5.75 Å². The van der Waals surface area contributed by atoms with Crippen LogP contribution in [0.25, 0.3) is 0 Å². The summed E-state index contributed by atoms with van der Waals surface area (Å²) in [6.07, 6.45) is 3.46. The molecule has 0 amide bonds. The van der Waals surface area contributed by atoms with Gasteiger partial charge in [0.05, 0.1) is 18.1 Å². The average molecular weight is 324 g/mol. The molecule has 0 unspecified atom stereocenters. The molecule has 3 aromatic rings. The number of hydrogen-bond donors (Lipinski definition) is 1. The minimum absolute atomic E-state index is 0.283. The van der Waals surface area contributed by atoms with E-state index in [2.05, 4.69) is 10.1 Å². The molecular formula is C18H17FN4O. The smallest absolute Gasteiger partial charge is 0.221 e. The summed E-state index contributed by atoms with van der Waals surface area (Å²) in [6, 6.07) is 13.7. The second-order valence-corrected chi connectivity index (χ2v) is 5.32. The molecule has 0 spiro atoms. The zero-order valence-corrected chi connectivity index (χ0v) is 13.2. The number of aromatic nitrogens is 2. The van der Waals surface area contributed by atoms with Crippen molar-refractivity contribution < 1.29 is 9.13 Å². The van der Waals surface area contributed by atoms with Crippen LogP contribution >= 0.6 is 0 Å². The Morgan fingerprint density at radius 1 is 1.25 bits per heavy atom. The first-order valence-electron chi connectivity index (χ1n) is 7.43. The van der Waals surface area contributed by atoms with E-state index in [4.69, 9.17) is 10.5 Å². The molecule has 0 fully saturated rings. The van der Waals surface area contributed by atoms with Gasteiger partial charge in [0.25, 0.3) is 0 Å². The lowest BCUT2D eigenvalue weighted by Gasteiger charge is -2.06. The molecule has 0 saturated heterocycles. The molecule has 2 aromatic carbocycles. The highest BCUT2D eigenvalue weighted by molar-refractivity contribution is 5.79. The van der Waals surface area contributed by atoms with Crippen LogP contribution in [0.2, 0.25) is 0 Å². The predicted octanol–water partition coefficient (Wildman–Crippen LogP) is 3.37. The number of hydrogen-bond acceptors (Lipinski definition) is 4. The molecular weight excluding hydrogens is 307 g/mol. The first-order valence-corrected chi connectivity index (χ1v) is 7.43. The van der Waals surface area contributed by atoms with Gasteiger partial charge in [-0.2, -0.15) is 5.10 Å². The van der Waals surface area contributed by atoms with Gasteiger partial charge in [-0.25, -0.2) is 14.1 Å². The molecule has 1 aromatic heterocycles. The number of anilines is 1. The Kier molecular flexibility index (Phi) is 4.56. The van der Waals surface area contributed by atoms with Crippen molar-refractivity contribution in [3.05, 3.63) is 77.4 Å². The van der Waals surface area contributed by atoms with E-state index in [1.807, 2.05) is 31.2 Å². The lowest BCUT2D eigenvalue weighted by Crippen LogP contribution is -1.98. The van der Waals surface area contributed by atoms with Gasteiger partial charge < -0.3 is 10.5 Å². The second kappa shape index (κ2) is 6.95. The van der Waals surface area contributed by atoms with Crippen molar-refractivity contribution in [2.45, 2.75) is 13.5 Å². The van der Waals surface area contributed by atoms with Crippen molar-refractivity contribution in [3.63, 3.8) is 0 Å². The highest BCUT2D eigenvalue weighted by Gasteiger charge is 2.00. The molecule has 2 N–H and O–H groups in total. The van der Waals surface area contributed by atoms with Gasteiger partial charge >= 0.3 is 0 Å². The van der Waals surface area contributed by atoms with Crippen LogP contribution in [0, 0.1) is 12.7 Å². The average Bonchev–Trinajstić information content (AvgIpc) is 2.90. The van der Waals surface area contributed by atoms with Gasteiger partial charge in [0, 0.05) is 0 Å². The van der Waals surface area contributed by atoms with Gasteiger partial charge in [-0.3, -0.25) is 0 Å². The maximum Gasteiger partial charge on any atom is 0.221 e. The number of aryl methyl sites for hydroxylation is 1. The fourth-order valence-corrected chi connectivity index (χ4v) is 2.19. The largest absolute Gasteiger partial charge is 0.489 e. The standard InChI is InChI=1S/C18H17FN4O/c1-13-11-23(18(20)22-13)21-10-14-3-2-4-15(9-14)12-24-17-7-5-16(19)6-8-17/h2-11H,12H2,1H3,(H2,20,22). The summed E-state index contributed by atoms with van der Waals surface area (Å²) in [5.41, 5.74) is 8.46. The molecule has 6 heteroatoms. The van der Waals surface area contributed by atoms with Gasteiger partial charge in [0.15, 0.2) is 0 Å². The predicted molar refractivity (Wildman–Crippen MR) is 91.5 cm³/mol. The second-order valence-electron chi connectivity index (χ2n) is 5.32. The van der Waals surface area contributed by atoms with Gasteiger partial charge in [-0.1, -0.05) is 18.2 Å². The van der Waals surface area contributed by atoms with E-state index >= 15 is 0 Å². The lowest BCUT2D eigenvalue weighted by molar-refractivity contribution is 0.305. The SMILES string of the molecule is Cc1cn(N=Cc2cccc(COc3ccc(F)cc3)c2)c(N)n1. The van der Waals surface area contributed by atoms with E-state index in [9.17, 15) is 4.39 Å². The number of nitrogens with zero attached hydrogens (tertiary/aromatic N) is 3. The van der Waals surface area contributed by atoms with Gasteiger partial charge in [-0.05, 0) is 48.4 Å². The highest BCUT2D eigenvalue weighted by atomic mass is 19.1. The number of halogens is 1. The Morgan fingerprint density at radius 2 is 2.04 bits per heavy atom. The van der Waals surface area contributed by atoms with E-state index in [1.165, 1.54) is 16.8 Å². The number of imidazole rings is 1. The maximum absolute atomic E-state index is 12.9. The van der Waals surface area contributed by atoms with E-state index < -0.39 is 0 Å². The van der Waals surface area contributed by atoms with Crippen molar-refractivity contribution in [1.29, 1.82) is 0 Å². The monoisotopic (exact) mass is 324 g/mol. The number of rotatable bonds is 5. The molecule has 0 aliphatic heterocycles. The molecule has 1 heterocycles. The Labute approximate surface area is 139 Å². The summed E-state index contributed by atoms with van der Waals surface area (Å²) < 4.78 is 20.0. The van der Waals surface area contributed by atoms with Crippen molar-refractivity contribution in [2.24, 2.45) is 5.10 Å². The molecule has 0 radical (unpaired) electrons. The zero-order valence-electron chi connectivity index (χ0n) is 13.2. The fourth-order valence-electron chi connectivity index (χ4n) is 2.19. The molecule has 122 valence electrons. The zero-order chi connectivity index (χ0) is 16.9. The molecule has 5 nitrogen and oxygen atoms in total. The minimum atomic E-state index is -0.283. The van der Waals surface area contributed by atoms with Crippen LogP contribution in [0.15, 0.2) is 59.8 Å². The van der Waals surface area contributed by atoms with Crippen molar-refractivity contribution in [3.8, 4) is 5.75 Å². The quantitative estimate of drug-likeness (QED) is 0.732. The Morgan fingerprint density at radius 3 is 2.75 bits per heavy atom. The molecule has 0 bridgehead atoms. The summed E-state index contributed by atoms with van der Waals surface area (Å²) in [7, 11) is 0. The molecule has 24 heavy (non-hydrogen) atoms. The summed E-state index contributed by atoms with van der Waals surface area (Å²) >= 11 is 0. The van der Waals surface area contributed by atoms with E-state index in [0.717, 1.165) is 16.8 Å². The third-order valence-corrected chi connectivity index (χ3v) is 3.34. The lowest BCUT2D eigenvalue weighted by atomic mass is 10.1. The molecule has 0 saturated carbocycles. The maximum atomic E-state index is 12.9. The van der Waals surface area contributed by atoms with Gasteiger partial charge in [0.1, 0.15) is 18.2 Å². The Balaban J connectivity index is 1.67. The summed E-state index contributed by atoms with van der Waals surface area (Å²) in [5, 5.41) is 4.29. The minimum Gasteiger partial charge on any atom is -0.489 e. The van der Waals surface area contributed by atoms with Crippen LogP contribution in [-0.4, -0.2) is 15.9 Å². The normalized spacial score (nSPS) is 11.1. The topological polar surface area (TPSA) is 65.4 Å². The van der Waals surface area contributed by atoms with Crippen LogP contribution in [0.3, 0.4) is 0 Å². The van der Waals surface area contributed by atoms with Crippen molar-refractivity contribution in [2.75, 3.05) is 5.73 Å². The van der Waals surface area contributed by atoms with Crippen molar-refractivity contribution in [1.82, 2.24) is 9.66 Å². The third kappa shape index (κ3) is 3.98.